The van der Waals surface area contributed by atoms with Gasteiger partial charge >= 0.3 is 0 Å². The topological polar surface area (TPSA) is 25.8 Å². The van der Waals surface area contributed by atoms with Crippen molar-refractivity contribution in [3.63, 3.8) is 0 Å². The molecular formula is C24H14N2S. The molecule has 0 atom stereocenters. The van der Waals surface area contributed by atoms with E-state index in [4.69, 9.17) is 9.97 Å². The number of pyridine rings is 2. The van der Waals surface area contributed by atoms with Crippen LogP contribution in [0.3, 0.4) is 0 Å². The summed E-state index contributed by atoms with van der Waals surface area (Å²) in [7, 11) is 0. The fraction of sp³-hybridized carbons (Fsp3) is 0. The predicted octanol–water partition coefficient (Wildman–Crippen LogP) is 6.82. The average molecular weight is 362 g/mol. The molecule has 0 spiro atoms. The molecule has 6 rings (SSSR count). The molecule has 0 amide bonds. The standard InChI is InChI=1S/C24H14N2S/c1-2-10-18-15(7-1)16-8-3-5-11-20(16)26-24(18)21-13-23-19(14-25-21)17-9-4-6-12-22(17)27-23/h1-14H. The van der Waals surface area contributed by atoms with E-state index in [1.807, 2.05) is 23.6 Å². The quantitative estimate of drug-likeness (QED) is 0.300. The molecule has 0 fully saturated rings. The summed E-state index contributed by atoms with van der Waals surface area (Å²) in [4.78, 5) is 9.78. The Balaban J connectivity index is 1.70. The van der Waals surface area contributed by atoms with Crippen molar-refractivity contribution in [2.45, 2.75) is 0 Å². The molecule has 3 heteroatoms. The SMILES string of the molecule is c1ccc2c(c1)nc(-c1cc3sc4ccccc4c3cn1)c1ccccc12. The number of aromatic nitrogens is 2. The van der Waals surface area contributed by atoms with Crippen molar-refractivity contribution < 1.29 is 0 Å². The van der Waals surface area contributed by atoms with Crippen molar-refractivity contribution >= 4 is 53.2 Å². The zero-order chi connectivity index (χ0) is 17.8. The lowest BCUT2D eigenvalue weighted by Gasteiger charge is -2.09. The first-order valence-corrected chi connectivity index (χ1v) is 9.75. The molecule has 0 radical (unpaired) electrons. The summed E-state index contributed by atoms with van der Waals surface area (Å²) in [5.74, 6) is 0. The molecule has 3 heterocycles. The second kappa shape index (κ2) is 5.60. The molecule has 6 aromatic rings. The van der Waals surface area contributed by atoms with E-state index in [1.165, 1.54) is 30.9 Å². The summed E-state index contributed by atoms with van der Waals surface area (Å²) in [6, 6.07) is 27.5. The van der Waals surface area contributed by atoms with Crippen LogP contribution >= 0.6 is 11.3 Å². The zero-order valence-corrected chi connectivity index (χ0v) is 15.2. The summed E-state index contributed by atoms with van der Waals surface area (Å²) < 4.78 is 2.54. The van der Waals surface area contributed by atoms with Crippen LogP contribution in [0.1, 0.15) is 0 Å². The molecule has 0 aliphatic heterocycles. The van der Waals surface area contributed by atoms with Gasteiger partial charge in [0.1, 0.15) is 0 Å². The number of hydrogen-bond donors (Lipinski definition) is 0. The first-order chi connectivity index (χ1) is 13.4. The van der Waals surface area contributed by atoms with Gasteiger partial charge in [0.25, 0.3) is 0 Å². The molecule has 0 unspecified atom stereocenters. The van der Waals surface area contributed by atoms with Crippen molar-refractivity contribution in [3.05, 3.63) is 85.1 Å². The van der Waals surface area contributed by atoms with E-state index >= 15 is 0 Å². The minimum atomic E-state index is 0.927. The molecule has 0 bridgehead atoms. The van der Waals surface area contributed by atoms with Crippen LogP contribution in [0, 0.1) is 0 Å². The lowest BCUT2D eigenvalue weighted by atomic mass is 10.0. The van der Waals surface area contributed by atoms with E-state index < -0.39 is 0 Å². The van der Waals surface area contributed by atoms with E-state index in [9.17, 15) is 0 Å². The number of nitrogens with zero attached hydrogens (tertiary/aromatic N) is 2. The van der Waals surface area contributed by atoms with Crippen molar-refractivity contribution in [2.75, 3.05) is 0 Å². The normalized spacial score (nSPS) is 11.7. The van der Waals surface area contributed by atoms with Gasteiger partial charge in [-0.05, 0) is 23.6 Å². The maximum atomic E-state index is 4.98. The van der Waals surface area contributed by atoms with E-state index in [0.29, 0.717) is 0 Å². The zero-order valence-electron chi connectivity index (χ0n) is 14.4. The van der Waals surface area contributed by atoms with Gasteiger partial charge in [-0.2, -0.15) is 0 Å². The third-order valence-corrected chi connectivity index (χ3v) is 6.25. The third-order valence-electron chi connectivity index (χ3n) is 5.11. The number of para-hydroxylation sites is 1. The summed E-state index contributed by atoms with van der Waals surface area (Å²) in [6.45, 7) is 0. The molecule has 27 heavy (non-hydrogen) atoms. The Labute approximate surface area is 159 Å². The minimum absolute atomic E-state index is 0.927. The molecule has 2 nitrogen and oxygen atoms in total. The highest BCUT2D eigenvalue weighted by Gasteiger charge is 2.13. The Morgan fingerprint density at radius 1 is 0.593 bits per heavy atom. The number of rotatable bonds is 1. The van der Waals surface area contributed by atoms with Crippen molar-refractivity contribution in [3.8, 4) is 11.4 Å². The third kappa shape index (κ3) is 2.19. The van der Waals surface area contributed by atoms with Gasteiger partial charge in [0, 0.05) is 37.1 Å². The molecule has 0 aliphatic rings. The molecule has 0 aliphatic carbocycles. The van der Waals surface area contributed by atoms with Gasteiger partial charge in [-0.3, -0.25) is 4.98 Å². The van der Waals surface area contributed by atoms with Crippen LogP contribution in [0.15, 0.2) is 85.1 Å². The highest BCUT2D eigenvalue weighted by Crippen LogP contribution is 2.37. The first-order valence-electron chi connectivity index (χ1n) is 8.94. The van der Waals surface area contributed by atoms with E-state index in [0.717, 1.165) is 22.3 Å². The van der Waals surface area contributed by atoms with Gasteiger partial charge in [-0.15, -0.1) is 11.3 Å². The van der Waals surface area contributed by atoms with Gasteiger partial charge < -0.3 is 0 Å². The minimum Gasteiger partial charge on any atom is -0.254 e. The highest BCUT2D eigenvalue weighted by atomic mass is 32.1. The van der Waals surface area contributed by atoms with Crippen LogP contribution in [0.4, 0.5) is 0 Å². The van der Waals surface area contributed by atoms with Gasteiger partial charge in [0.15, 0.2) is 0 Å². The fourth-order valence-corrected chi connectivity index (χ4v) is 4.96. The summed E-state index contributed by atoms with van der Waals surface area (Å²) >= 11 is 1.81. The Hall–Kier alpha value is -3.30. The van der Waals surface area contributed by atoms with E-state index in [2.05, 4.69) is 72.8 Å². The summed E-state index contributed by atoms with van der Waals surface area (Å²) in [5, 5.41) is 6.03. The van der Waals surface area contributed by atoms with Crippen molar-refractivity contribution in [1.82, 2.24) is 9.97 Å². The second-order valence-electron chi connectivity index (χ2n) is 6.69. The monoisotopic (exact) mass is 362 g/mol. The lowest BCUT2D eigenvalue weighted by molar-refractivity contribution is 1.31. The largest absolute Gasteiger partial charge is 0.254 e. The lowest BCUT2D eigenvalue weighted by Crippen LogP contribution is -1.91. The Morgan fingerprint density at radius 2 is 1.30 bits per heavy atom. The van der Waals surface area contributed by atoms with Crippen LogP contribution < -0.4 is 0 Å². The van der Waals surface area contributed by atoms with E-state index in [-0.39, 0.29) is 0 Å². The number of fused-ring (bicyclic) bond motifs is 6. The van der Waals surface area contributed by atoms with Gasteiger partial charge in [0.05, 0.1) is 16.9 Å². The fourth-order valence-electron chi connectivity index (χ4n) is 3.85. The maximum Gasteiger partial charge on any atom is 0.0972 e. The van der Waals surface area contributed by atoms with Crippen molar-refractivity contribution in [1.29, 1.82) is 0 Å². The molecular weight excluding hydrogens is 348 g/mol. The summed E-state index contributed by atoms with van der Waals surface area (Å²) in [5.41, 5.74) is 2.88. The van der Waals surface area contributed by atoms with Gasteiger partial charge in [-0.1, -0.05) is 60.7 Å². The maximum absolute atomic E-state index is 4.98. The second-order valence-corrected chi connectivity index (χ2v) is 7.77. The molecule has 0 saturated carbocycles. The van der Waals surface area contributed by atoms with Crippen LogP contribution in [-0.4, -0.2) is 9.97 Å². The van der Waals surface area contributed by atoms with E-state index in [1.54, 1.807) is 0 Å². The Morgan fingerprint density at radius 3 is 2.19 bits per heavy atom. The Kier molecular flexibility index (Phi) is 3.07. The summed E-state index contributed by atoms with van der Waals surface area (Å²) in [6.07, 6.45) is 2.00. The number of thiophene rings is 1. The van der Waals surface area contributed by atoms with Crippen LogP contribution in [0.5, 0.6) is 0 Å². The number of benzene rings is 3. The first kappa shape index (κ1) is 14.8. The molecule has 0 N–H and O–H groups in total. The molecule has 0 saturated heterocycles. The molecule has 126 valence electrons. The highest BCUT2D eigenvalue weighted by molar-refractivity contribution is 7.25. The number of hydrogen-bond acceptors (Lipinski definition) is 3. The van der Waals surface area contributed by atoms with Crippen LogP contribution in [0.2, 0.25) is 0 Å². The molecule has 3 aromatic carbocycles. The Bertz CT molecular complexity index is 1480. The molecule has 3 aromatic heterocycles. The smallest absolute Gasteiger partial charge is 0.0972 e. The van der Waals surface area contributed by atoms with Gasteiger partial charge in [-0.25, -0.2) is 4.98 Å². The average Bonchev–Trinajstić information content (AvgIpc) is 3.11. The van der Waals surface area contributed by atoms with Crippen LogP contribution in [-0.2, 0) is 0 Å². The predicted molar refractivity (Wildman–Crippen MR) is 115 cm³/mol. The van der Waals surface area contributed by atoms with Crippen molar-refractivity contribution in [2.24, 2.45) is 0 Å². The van der Waals surface area contributed by atoms with Crippen LogP contribution in [0.25, 0.3) is 53.2 Å². The van der Waals surface area contributed by atoms with Gasteiger partial charge in [0.2, 0.25) is 0 Å².